The van der Waals surface area contributed by atoms with E-state index in [9.17, 15) is 4.79 Å². The molecule has 2 aromatic rings. The second-order valence-corrected chi connectivity index (χ2v) is 6.07. The molecule has 1 aliphatic heterocycles. The summed E-state index contributed by atoms with van der Waals surface area (Å²) >= 11 is 1.35. The molecule has 1 saturated heterocycles. The smallest absolute Gasteiger partial charge is 0.236 e. The van der Waals surface area contributed by atoms with Crippen molar-refractivity contribution in [1.82, 2.24) is 5.32 Å². The van der Waals surface area contributed by atoms with Gasteiger partial charge < -0.3 is 10.1 Å². The van der Waals surface area contributed by atoms with Gasteiger partial charge in [0.1, 0.15) is 5.75 Å². The number of amides is 1. The Hall–Kier alpha value is -2.60. The van der Waals surface area contributed by atoms with Gasteiger partial charge >= 0.3 is 0 Å². The molecule has 1 heterocycles. The van der Waals surface area contributed by atoms with Crippen LogP contribution in [0.2, 0.25) is 0 Å². The van der Waals surface area contributed by atoms with Gasteiger partial charge in [0.2, 0.25) is 5.91 Å². The molecule has 1 fully saturated rings. The number of carbonyl (C=O) groups excluding carboxylic acids is 1. The molecular formula is C18H17N3O2S. The standard InChI is InChI=1S/C18H17N3O2S/c22-17-13-24-18(20-17)21-19-12-15-8-4-5-9-16(15)23-11-10-14-6-2-1-3-7-14/h1-9,12H,10-11,13H2,(H,20,21,22). The number of thioether (sulfide) groups is 1. The minimum atomic E-state index is -0.0430. The summed E-state index contributed by atoms with van der Waals surface area (Å²) in [5.41, 5.74) is 2.09. The van der Waals surface area contributed by atoms with Crippen molar-refractivity contribution in [2.24, 2.45) is 10.2 Å². The number of carbonyl (C=O) groups is 1. The Morgan fingerprint density at radius 1 is 1.12 bits per heavy atom. The van der Waals surface area contributed by atoms with E-state index in [1.807, 2.05) is 42.5 Å². The Morgan fingerprint density at radius 3 is 2.71 bits per heavy atom. The molecule has 0 unspecified atom stereocenters. The highest BCUT2D eigenvalue weighted by Crippen LogP contribution is 2.17. The second kappa shape index (κ2) is 8.31. The summed E-state index contributed by atoms with van der Waals surface area (Å²) in [6.45, 7) is 0.593. The SMILES string of the molecule is O=C1CSC(=NN=Cc2ccccc2OCCc2ccccc2)N1. The van der Waals surface area contributed by atoms with E-state index in [0.29, 0.717) is 17.5 Å². The lowest BCUT2D eigenvalue weighted by molar-refractivity contribution is -0.116. The Bertz CT molecular complexity index is 760. The topological polar surface area (TPSA) is 63.0 Å². The van der Waals surface area contributed by atoms with Crippen LogP contribution in [0.4, 0.5) is 0 Å². The Morgan fingerprint density at radius 2 is 1.92 bits per heavy atom. The quantitative estimate of drug-likeness (QED) is 0.650. The first kappa shape index (κ1) is 16.3. The van der Waals surface area contributed by atoms with Gasteiger partial charge in [-0.2, -0.15) is 5.10 Å². The number of hydrogen-bond acceptors (Lipinski definition) is 5. The number of nitrogens with zero attached hydrogens (tertiary/aromatic N) is 2. The lowest BCUT2D eigenvalue weighted by Gasteiger charge is -2.08. The summed E-state index contributed by atoms with van der Waals surface area (Å²) in [6.07, 6.45) is 2.48. The highest BCUT2D eigenvalue weighted by Gasteiger charge is 2.15. The number of rotatable bonds is 6. The Labute approximate surface area is 144 Å². The molecule has 1 amide bonds. The predicted octanol–water partition coefficient (Wildman–Crippen LogP) is 2.86. The summed E-state index contributed by atoms with van der Waals surface area (Å²) in [5.74, 6) is 1.12. The molecule has 1 N–H and O–H groups in total. The summed E-state index contributed by atoms with van der Waals surface area (Å²) in [4.78, 5) is 11.1. The van der Waals surface area contributed by atoms with Gasteiger partial charge in [0.15, 0.2) is 5.17 Å². The van der Waals surface area contributed by atoms with Crippen molar-refractivity contribution in [2.45, 2.75) is 6.42 Å². The minimum absolute atomic E-state index is 0.0430. The van der Waals surface area contributed by atoms with E-state index in [1.54, 1.807) is 6.21 Å². The molecule has 0 spiro atoms. The molecule has 0 aromatic heterocycles. The largest absolute Gasteiger partial charge is 0.493 e. The fourth-order valence-electron chi connectivity index (χ4n) is 2.16. The zero-order valence-electron chi connectivity index (χ0n) is 13.0. The lowest BCUT2D eigenvalue weighted by Crippen LogP contribution is -2.19. The van der Waals surface area contributed by atoms with Crippen molar-refractivity contribution in [2.75, 3.05) is 12.4 Å². The first-order valence-corrected chi connectivity index (χ1v) is 8.59. The van der Waals surface area contributed by atoms with Crippen LogP contribution in [-0.4, -0.2) is 29.6 Å². The highest BCUT2D eigenvalue weighted by atomic mass is 32.2. The van der Waals surface area contributed by atoms with E-state index in [1.165, 1.54) is 17.3 Å². The zero-order valence-corrected chi connectivity index (χ0v) is 13.8. The number of ether oxygens (including phenoxy) is 1. The van der Waals surface area contributed by atoms with E-state index in [-0.39, 0.29) is 5.91 Å². The normalized spacial score (nSPS) is 15.8. The van der Waals surface area contributed by atoms with Crippen LogP contribution in [0, 0.1) is 0 Å². The predicted molar refractivity (Wildman–Crippen MR) is 97.7 cm³/mol. The maximum Gasteiger partial charge on any atom is 0.236 e. The molecular weight excluding hydrogens is 322 g/mol. The van der Waals surface area contributed by atoms with Crippen molar-refractivity contribution in [3.8, 4) is 5.75 Å². The van der Waals surface area contributed by atoms with Crippen LogP contribution in [0.3, 0.4) is 0 Å². The molecule has 24 heavy (non-hydrogen) atoms. The monoisotopic (exact) mass is 339 g/mol. The molecule has 122 valence electrons. The molecule has 6 heteroatoms. The van der Waals surface area contributed by atoms with Crippen LogP contribution in [0.25, 0.3) is 0 Å². The third-order valence-corrected chi connectivity index (χ3v) is 4.21. The van der Waals surface area contributed by atoms with Gasteiger partial charge in [-0.3, -0.25) is 4.79 Å². The molecule has 5 nitrogen and oxygen atoms in total. The average molecular weight is 339 g/mol. The maximum atomic E-state index is 11.1. The second-order valence-electron chi connectivity index (χ2n) is 5.11. The first-order valence-electron chi connectivity index (χ1n) is 7.61. The van der Waals surface area contributed by atoms with Crippen LogP contribution in [-0.2, 0) is 11.2 Å². The van der Waals surface area contributed by atoms with Crippen molar-refractivity contribution in [3.63, 3.8) is 0 Å². The minimum Gasteiger partial charge on any atom is -0.493 e. The maximum absolute atomic E-state index is 11.1. The molecule has 0 bridgehead atoms. The van der Waals surface area contributed by atoms with Gasteiger partial charge in [0, 0.05) is 12.0 Å². The van der Waals surface area contributed by atoms with Crippen LogP contribution >= 0.6 is 11.8 Å². The van der Waals surface area contributed by atoms with Gasteiger partial charge in [0.05, 0.1) is 18.6 Å². The molecule has 0 atom stereocenters. The third kappa shape index (κ3) is 4.70. The van der Waals surface area contributed by atoms with Crippen molar-refractivity contribution in [1.29, 1.82) is 0 Å². The molecule has 1 aliphatic rings. The van der Waals surface area contributed by atoms with Gasteiger partial charge in [-0.1, -0.05) is 54.2 Å². The fourth-order valence-corrected chi connectivity index (χ4v) is 2.80. The van der Waals surface area contributed by atoms with E-state index < -0.39 is 0 Å². The summed E-state index contributed by atoms with van der Waals surface area (Å²) in [7, 11) is 0. The van der Waals surface area contributed by atoms with Crippen LogP contribution in [0.5, 0.6) is 5.75 Å². The zero-order chi connectivity index (χ0) is 16.6. The van der Waals surface area contributed by atoms with Gasteiger partial charge in [-0.15, -0.1) is 5.10 Å². The number of hydrogen-bond donors (Lipinski definition) is 1. The Kier molecular flexibility index (Phi) is 5.63. The average Bonchev–Trinajstić information content (AvgIpc) is 3.02. The summed E-state index contributed by atoms with van der Waals surface area (Å²) < 4.78 is 5.87. The van der Waals surface area contributed by atoms with Crippen molar-refractivity contribution in [3.05, 3.63) is 65.7 Å². The molecule has 0 radical (unpaired) electrons. The molecule has 0 aliphatic carbocycles. The van der Waals surface area contributed by atoms with Gasteiger partial charge in [-0.25, -0.2) is 0 Å². The van der Waals surface area contributed by atoms with E-state index in [4.69, 9.17) is 4.74 Å². The van der Waals surface area contributed by atoms with Gasteiger partial charge in [-0.05, 0) is 17.7 Å². The van der Waals surface area contributed by atoms with E-state index >= 15 is 0 Å². The number of amidine groups is 1. The highest BCUT2D eigenvalue weighted by molar-refractivity contribution is 8.15. The number of benzene rings is 2. The third-order valence-electron chi connectivity index (χ3n) is 3.34. The van der Waals surface area contributed by atoms with Crippen LogP contribution in [0.1, 0.15) is 11.1 Å². The van der Waals surface area contributed by atoms with Crippen molar-refractivity contribution < 1.29 is 9.53 Å². The van der Waals surface area contributed by atoms with Crippen molar-refractivity contribution >= 4 is 29.1 Å². The van der Waals surface area contributed by atoms with Crippen LogP contribution in [0.15, 0.2) is 64.8 Å². The summed E-state index contributed by atoms with van der Waals surface area (Å²) in [6, 6.07) is 17.9. The Balaban J connectivity index is 1.59. The summed E-state index contributed by atoms with van der Waals surface area (Å²) in [5, 5.41) is 11.2. The number of para-hydroxylation sites is 1. The molecule has 2 aromatic carbocycles. The van der Waals surface area contributed by atoms with Crippen LogP contribution < -0.4 is 10.1 Å². The lowest BCUT2D eigenvalue weighted by atomic mass is 10.2. The fraction of sp³-hybridized carbons (Fsp3) is 0.167. The number of nitrogens with one attached hydrogen (secondary N) is 1. The van der Waals surface area contributed by atoms with E-state index in [0.717, 1.165) is 17.7 Å². The molecule has 0 saturated carbocycles. The van der Waals surface area contributed by atoms with Gasteiger partial charge in [0.25, 0.3) is 0 Å². The first-order chi connectivity index (χ1) is 11.8. The molecule has 3 rings (SSSR count). The van der Waals surface area contributed by atoms with E-state index in [2.05, 4.69) is 27.7 Å².